The summed E-state index contributed by atoms with van der Waals surface area (Å²) in [6.45, 7) is 2.16. The predicted octanol–water partition coefficient (Wildman–Crippen LogP) is 2.70. The van der Waals surface area contributed by atoms with Gasteiger partial charge in [0.25, 0.3) is 11.8 Å². The number of carbonyl (C=O) groups is 2. The van der Waals surface area contributed by atoms with Crippen molar-refractivity contribution in [2.75, 3.05) is 5.32 Å². The lowest BCUT2D eigenvalue weighted by Crippen LogP contribution is -2.13. The third-order valence-corrected chi connectivity index (χ3v) is 4.75. The Morgan fingerprint density at radius 1 is 1.32 bits per heavy atom. The highest BCUT2D eigenvalue weighted by molar-refractivity contribution is 7.17. The largest absolute Gasteiger partial charge is 0.365 e. The quantitative estimate of drug-likeness (QED) is 0.715. The zero-order chi connectivity index (χ0) is 18.0. The second kappa shape index (κ2) is 7.04. The summed E-state index contributed by atoms with van der Waals surface area (Å²) in [5, 5.41) is 7.46. The van der Waals surface area contributed by atoms with E-state index >= 15 is 0 Å². The molecule has 0 unspecified atom stereocenters. The molecule has 128 valence electrons. The highest BCUT2D eigenvalue weighted by atomic mass is 35.5. The van der Waals surface area contributed by atoms with E-state index in [0.717, 1.165) is 16.9 Å². The molecule has 0 saturated heterocycles. The van der Waals surface area contributed by atoms with E-state index in [-0.39, 0.29) is 20.7 Å². The number of rotatable bonds is 5. The maximum Gasteiger partial charge on any atom is 0.262 e. The average molecular weight is 376 g/mol. The number of primary amides is 1. The van der Waals surface area contributed by atoms with Crippen molar-refractivity contribution in [3.63, 3.8) is 0 Å². The standard InChI is InChI=1S/C16H14ClN5O2S/c1-9-12(15(24)20-16-19-7-11(25-16)14(18)23)13(17)22(21-9)8-10-5-3-2-4-6-10/h2-7H,8H2,1H3,(H2,18,23)(H,19,20,24). The number of hydrogen-bond acceptors (Lipinski definition) is 5. The monoisotopic (exact) mass is 375 g/mol. The number of aryl methyl sites for hydroxylation is 1. The molecule has 9 heteroatoms. The maximum atomic E-state index is 12.5. The minimum Gasteiger partial charge on any atom is -0.365 e. The van der Waals surface area contributed by atoms with E-state index in [2.05, 4.69) is 15.4 Å². The Bertz CT molecular complexity index is 935. The van der Waals surface area contributed by atoms with Gasteiger partial charge in [0.1, 0.15) is 10.0 Å². The van der Waals surface area contributed by atoms with Crippen LogP contribution < -0.4 is 11.1 Å². The first kappa shape index (κ1) is 17.1. The number of carbonyl (C=O) groups excluding carboxylic acids is 2. The molecule has 0 bridgehead atoms. The fraction of sp³-hybridized carbons (Fsp3) is 0.125. The number of nitrogens with zero attached hydrogens (tertiary/aromatic N) is 3. The first-order chi connectivity index (χ1) is 12.0. The van der Waals surface area contributed by atoms with Gasteiger partial charge in [-0.25, -0.2) is 9.67 Å². The zero-order valence-corrected chi connectivity index (χ0v) is 14.8. The molecule has 0 radical (unpaired) electrons. The summed E-state index contributed by atoms with van der Waals surface area (Å²) in [5.41, 5.74) is 6.97. The molecule has 0 aliphatic rings. The van der Waals surface area contributed by atoms with Crippen LogP contribution in [0.1, 0.15) is 31.3 Å². The van der Waals surface area contributed by atoms with E-state index < -0.39 is 11.8 Å². The topological polar surface area (TPSA) is 103 Å². The van der Waals surface area contributed by atoms with Crippen LogP contribution in [0.2, 0.25) is 5.15 Å². The Morgan fingerprint density at radius 3 is 2.68 bits per heavy atom. The highest BCUT2D eigenvalue weighted by Gasteiger charge is 2.21. The van der Waals surface area contributed by atoms with Crippen molar-refractivity contribution < 1.29 is 9.59 Å². The van der Waals surface area contributed by atoms with Gasteiger partial charge in [0.2, 0.25) is 0 Å². The second-order valence-corrected chi connectivity index (χ2v) is 6.63. The number of nitrogens with one attached hydrogen (secondary N) is 1. The number of hydrogen-bond donors (Lipinski definition) is 2. The van der Waals surface area contributed by atoms with Gasteiger partial charge in [-0.05, 0) is 12.5 Å². The molecule has 2 heterocycles. The number of anilines is 1. The summed E-state index contributed by atoms with van der Waals surface area (Å²) in [6, 6.07) is 9.67. The van der Waals surface area contributed by atoms with E-state index in [0.29, 0.717) is 12.2 Å². The van der Waals surface area contributed by atoms with Gasteiger partial charge in [-0.3, -0.25) is 14.9 Å². The summed E-state index contributed by atoms with van der Waals surface area (Å²) in [6.07, 6.45) is 1.32. The summed E-state index contributed by atoms with van der Waals surface area (Å²) < 4.78 is 1.57. The van der Waals surface area contributed by atoms with Crippen LogP contribution in [0, 0.1) is 6.92 Å². The number of nitrogens with two attached hydrogens (primary N) is 1. The van der Waals surface area contributed by atoms with Crippen molar-refractivity contribution >= 4 is 39.9 Å². The molecule has 3 aromatic rings. The first-order valence-corrected chi connectivity index (χ1v) is 8.49. The lowest BCUT2D eigenvalue weighted by Gasteiger charge is -2.04. The van der Waals surface area contributed by atoms with Crippen molar-refractivity contribution in [2.24, 2.45) is 5.73 Å². The summed E-state index contributed by atoms with van der Waals surface area (Å²) >= 11 is 7.34. The first-order valence-electron chi connectivity index (χ1n) is 7.29. The van der Waals surface area contributed by atoms with Crippen LogP contribution in [-0.2, 0) is 6.54 Å². The molecule has 2 aromatic heterocycles. The van der Waals surface area contributed by atoms with Crippen LogP contribution in [0.25, 0.3) is 0 Å². The molecular weight excluding hydrogens is 362 g/mol. The van der Waals surface area contributed by atoms with Gasteiger partial charge in [0.05, 0.1) is 24.0 Å². The molecule has 0 fully saturated rings. The fourth-order valence-electron chi connectivity index (χ4n) is 2.28. The molecule has 3 N–H and O–H groups in total. The summed E-state index contributed by atoms with van der Waals surface area (Å²) in [5.74, 6) is -1.03. The Kier molecular flexibility index (Phi) is 4.82. The predicted molar refractivity (Wildman–Crippen MR) is 96.1 cm³/mol. The van der Waals surface area contributed by atoms with Crippen LogP contribution >= 0.6 is 22.9 Å². The number of thiazole rings is 1. The van der Waals surface area contributed by atoms with Gasteiger partial charge >= 0.3 is 0 Å². The Morgan fingerprint density at radius 2 is 2.04 bits per heavy atom. The molecule has 0 aliphatic carbocycles. The van der Waals surface area contributed by atoms with Gasteiger partial charge in [-0.15, -0.1) is 0 Å². The molecule has 0 aliphatic heterocycles. The molecular formula is C16H14ClN5O2S. The second-order valence-electron chi connectivity index (χ2n) is 5.24. The molecule has 0 spiro atoms. The molecule has 7 nitrogen and oxygen atoms in total. The van der Waals surface area contributed by atoms with Crippen molar-refractivity contribution in [3.05, 3.63) is 63.4 Å². The van der Waals surface area contributed by atoms with E-state index in [1.165, 1.54) is 6.20 Å². The number of benzene rings is 1. The van der Waals surface area contributed by atoms with Gasteiger partial charge in [0.15, 0.2) is 5.13 Å². The molecule has 25 heavy (non-hydrogen) atoms. The maximum absolute atomic E-state index is 12.5. The molecule has 1 aromatic carbocycles. The molecule has 3 rings (SSSR count). The zero-order valence-electron chi connectivity index (χ0n) is 13.2. The Balaban J connectivity index is 1.81. The van der Waals surface area contributed by atoms with E-state index in [9.17, 15) is 9.59 Å². The Hall–Kier alpha value is -2.71. The average Bonchev–Trinajstić information content (AvgIpc) is 3.14. The number of aromatic nitrogens is 3. The molecule has 0 saturated carbocycles. The minimum atomic E-state index is -0.595. The van der Waals surface area contributed by atoms with Gasteiger partial charge in [-0.1, -0.05) is 53.3 Å². The molecule has 0 atom stereocenters. The van der Waals surface area contributed by atoms with Crippen molar-refractivity contribution in [1.29, 1.82) is 0 Å². The van der Waals surface area contributed by atoms with Crippen LogP contribution in [0.15, 0.2) is 36.5 Å². The number of halogens is 1. The minimum absolute atomic E-state index is 0.241. The third kappa shape index (κ3) is 3.70. The van der Waals surface area contributed by atoms with Crippen molar-refractivity contribution in [3.8, 4) is 0 Å². The van der Waals surface area contributed by atoms with Gasteiger partial charge in [0, 0.05) is 0 Å². The number of amides is 2. The summed E-state index contributed by atoms with van der Waals surface area (Å²) in [4.78, 5) is 27.8. The molecule has 2 amide bonds. The van der Waals surface area contributed by atoms with E-state index in [4.69, 9.17) is 17.3 Å². The van der Waals surface area contributed by atoms with Crippen molar-refractivity contribution in [1.82, 2.24) is 14.8 Å². The highest BCUT2D eigenvalue weighted by Crippen LogP contribution is 2.24. The van der Waals surface area contributed by atoms with E-state index in [1.807, 2.05) is 30.3 Å². The normalized spacial score (nSPS) is 10.6. The lowest BCUT2D eigenvalue weighted by atomic mass is 10.2. The SMILES string of the molecule is Cc1nn(Cc2ccccc2)c(Cl)c1C(=O)Nc1ncc(C(N)=O)s1. The van der Waals surface area contributed by atoms with Crippen molar-refractivity contribution in [2.45, 2.75) is 13.5 Å². The van der Waals surface area contributed by atoms with Crippen LogP contribution in [-0.4, -0.2) is 26.6 Å². The van der Waals surface area contributed by atoms with Gasteiger partial charge < -0.3 is 5.73 Å². The fourth-order valence-corrected chi connectivity index (χ4v) is 3.26. The smallest absolute Gasteiger partial charge is 0.262 e. The van der Waals surface area contributed by atoms with Gasteiger partial charge in [-0.2, -0.15) is 5.10 Å². The van der Waals surface area contributed by atoms with Crippen LogP contribution in [0.3, 0.4) is 0 Å². The van der Waals surface area contributed by atoms with E-state index in [1.54, 1.807) is 11.6 Å². The third-order valence-electron chi connectivity index (χ3n) is 3.44. The lowest BCUT2D eigenvalue weighted by molar-refractivity contribution is 0.100. The van der Waals surface area contributed by atoms with Crippen LogP contribution in [0.4, 0.5) is 5.13 Å². The van der Waals surface area contributed by atoms with Crippen LogP contribution in [0.5, 0.6) is 0 Å². The summed E-state index contributed by atoms with van der Waals surface area (Å²) in [7, 11) is 0. The Labute approximate surface area is 152 Å².